The molecule has 0 spiro atoms. The molecule has 1 aromatic carbocycles. The topological polar surface area (TPSA) is 12.0 Å². The van der Waals surface area contributed by atoms with E-state index < -0.39 is 12.2 Å². The molecule has 0 saturated heterocycles. The average Bonchev–Trinajstić information content (AvgIpc) is 2.27. The summed E-state index contributed by atoms with van der Waals surface area (Å²) in [4.78, 5) is 0. The molecule has 1 aliphatic carbocycles. The van der Waals surface area contributed by atoms with Crippen LogP contribution in [0.25, 0.3) is 0 Å². The van der Waals surface area contributed by atoms with Crippen LogP contribution in [-0.4, -0.2) is 12.7 Å². The van der Waals surface area contributed by atoms with Crippen LogP contribution in [0.5, 0.6) is 0 Å². The van der Waals surface area contributed by atoms with Gasteiger partial charge in [0.2, 0.25) is 0 Å². The smallest absolute Gasteiger partial charge is 0.302 e. The maximum atomic E-state index is 13.2. The van der Waals surface area contributed by atoms with E-state index in [2.05, 4.69) is 5.32 Å². The Morgan fingerprint density at radius 3 is 2.47 bits per heavy atom. The van der Waals surface area contributed by atoms with Crippen molar-refractivity contribution >= 4 is 0 Å². The van der Waals surface area contributed by atoms with Crippen LogP contribution in [-0.2, 0) is 0 Å². The Kier molecular flexibility index (Phi) is 4.50. The molecule has 0 aromatic heterocycles. The van der Waals surface area contributed by atoms with Gasteiger partial charge in [-0.15, -0.1) is 0 Å². The number of nitrogens with one attached hydrogen (secondary N) is 1. The monoisotopic (exact) mass is 271 g/mol. The zero-order valence-electron chi connectivity index (χ0n) is 11.1. The van der Waals surface area contributed by atoms with Crippen molar-refractivity contribution in [3.63, 3.8) is 0 Å². The van der Waals surface area contributed by atoms with Gasteiger partial charge in [0.15, 0.2) is 0 Å². The van der Waals surface area contributed by atoms with E-state index in [0.29, 0.717) is 24.4 Å². The molecule has 1 N–H and O–H groups in total. The van der Waals surface area contributed by atoms with Crippen molar-refractivity contribution in [2.24, 2.45) is 0 Å². The molecule has 0 aliphatic heterocycles. The SMILES string of the molecule is CCCNC(c1ccccc1C1CCC1)C(F)(F)F. The summed E-state index contributed by atoms with van der Waals surface area (Å²) in [5.74, 6) is 0.310. The van der Waals surface area contributed by atoms with E-state index >= 15 is 0 Å². The second-order valence-corrected chi connectivity index (χ2v) is 5.19. The molecule has 19 heavy (non-hydrogen) atoms. The highest BCUT2D eigenvalue weighted by Gasteiger charge is 2.42. The molecule has 106 valence electrons. The standard InChI is InChI=1S/C15H20F3N/c1-2-10-19-14(15(16,17)18)13-9-4-3-8-12(13)11-6-5-7-11/h3-4,8-9,11,14,19H,2,5-7,10H2,1H3. The summed E-state index contributed by atoms with van der Waals surface area (Å²) < 4.78 is 39.7. The summed E-state index contributed by atoms with van der Waals surface area (Å²) in [6.45, 7) is 2.25. The second-order valence-electron chi connectivity index (χ2n) is 5.19. The van der Waals surface area contributed by atoms with Crippen molar-refractivity contribution in [1.82, 2.24) is 5.32 Å². The van der Waals surface area contributed by atoms with Crippen molar-refractivity contribution in [2.75, 3.05) is 6.54 Å². The number of alkyl halides is 3. The van der Waals surface area contributed by atoms with Gasteiger partial charge in [0, 0.05) is 0 Å². The quantitative estimate of drug-likeness (QED) is 0.828. The number of hydrogen-bond acceptors (Lipinski definition) is 1. The molecule has 1 unspecified atom stereocenters. The lowest BCUT2D eigenvalue weighted by Crippen LogP contribution is -2.35. The normalized spacial score (nSPS) is 18.1. The van der Waals surface area contributed by atoms with Gasteiger partial charge in [-0.3, -0.25) is 0 Å². The fraction of sp³-hybridized carbons (Fsp3) is 0.600. The van der Waals surface area contributed by atoms with E-state index in [0.717, 1.165) is 24.8 Å². The van der Waals surface area contributed by atoms with Crippen molar-refractivity contribution in [2.45, 2.75) is 50.7 Å². The van der Waals surface area contributed by atoms with Crippen LogP contribution >= 0.6 is 0 Å². The van der Waals surface area contributed by atoms with Gasteiger partial charge in [0.05, 0.1) is 0 Å². The number of rotatable bonds is 5. The zero-order valence-corrected chi connectivity index (χ0v) is 11.1. The van der Waals surface area contributed by atoms with Gasteiger partial charge in [-0.05, 0) is 42.9 Å². The second kappa shape index (κ2) is 5.95. The fourth-order valence-electron chi connectivity index (χ4n) is 2.56. The molecule has 0 amide bonds. The third-order valence-corrected chi connectivity index (χ3v) is 3.78. The van der Waals surface area contributed by atoms with Crippen LogP contribution < -0.4 is 5.32 Å². The number of benzene rings is 1. The minimum atomic E-state index is -4.24. The molecule has 2 rings (SSSR count). The maximum absolute atomic E-state index is 13.2. The van der Waals surface area contributed by atoms with Gasteiger partial charge in [-0.25, -0.2) is 0 Å². The number of halogens is 3. The molecule has 1 aromatic rings. The van der Waals surface area contributed by atoms with Gasteiger partial charge in [-0.2, -0.15) is 13.2 Å². The Hall–Kier alpha value is -1.03. The predicted molar refractivity (Wildman–Crippen MR) is 70.1 cm³/mol. The van der Waals surface area contributed by atoms with E-state index in [9.17, 15) is 13.2 Å². The molecule has 1 nitrogen and oxygen atoms in total. The molecule has 1 fully saturated rings. The third-order valence-electron chi connectivity index (χ3n) is 3.78. The number of hydrogen-bond donors (Lipinski definition) is 1. The minimum absolute atomic E-state index is 0.310. The lowest BCUT2D eigenvalue weighted by molar-refractivity contribution is -0.157. The molecule has 4 heteroatoms. The first kappa shape index (κ1) is 14.4. The molecule has 0 radical (unpaired) electrons. The summed E-state index contributed by atoms with van der Waals surface area (Å²) >= 11 is 0. The average molecular weight is 271 g/mol. The summed E-state index contributed by atoms with van der Waals surface area (Å²) in [6, 6.07) is 5.47. The molecule has 1 saturated carbocycles. The van der Waals surface area contributed by atoms with Crippen LogP contribution in [0.3, 0.4) is 0 Å². The van der Waals surface area contributed by atoms with Gasteiger partial charge in [-0.1, -0.05) is 37.6 Å². The lowest BCUT2D eigenvalue weighted by atomic mass is 9.77. The largest absolute Gasteiger partial charge is 0.407 e. The Balaban J connectivity index is 2.29. The first-order chi connectivity index (χ1) is 9.04. The van der Waals surface area contributed by atoms with E-state index in [1.54, 1.807) is 12.1 Å². The molecular weight excluding hydrogens is 251 g/mol. The lowest BCUT2D eigenvalue weighted by Gasteiger charge is -2.31. The van der Waals surface area contributed by atoms with Crippen LogP contribution in [0, 0.1) is 0 Å². The van der Waals surface area contributed by atoms with Gasteiger partial charge >= 0.3 is 6.18 Å². The molecule has 0 bridgehead atoms. The first-order valence-corrected chi connectivity index (χ1v) is 6.93. The summed E-state index contributed by atoms with van der Waals surface area (Å²) in [6.07, 6.45) is -0.407. The predicted octanol–water partition coefficient (Wildman–Crippen LogP) is 4.56. The fourth-order valence-corrected chi connectivity index (χ4v) is 2.56. The Morgan fingerprint density at radius 2 is 1.95 bits per heavy atom. The summed E-state index contributed by atoms with van der Waals surface area (Å²) in [5.41, 5.74) is 1.29. The van der Waals surface area contributed by atoms with E-state index in [1.807, 2.05) is 19.1 Å². The summed E-state index contributed by atoms with van der Waals surface area (Å²) in [7, 11) is 0. The molecule has 1 aliphatic rings. The molecule has 1 atom stereocenters. The minimum Gasteiger partial charge on any atom is -0.302 e. The van der Waals surface area contributed by atoms with E-state index in [1.165, 1.54) is 0 Å². The van der Waals surface area contributed by atoms with Gasteiger partial charge in [0.1, 0.15) is 6.04 Å². The van der Waals surface area contributed by atoms with E-state index in [-0.39, 0.29) is 0 Å². The Bertz CT molecular complexity index is 410. The van der Waals surface area contributed by atoms with Crippen molar-refractivity contribution in [1.29, 1.82) is 0 Å². The highest BCUT2D eigenvalue weighted by molar-refractivity contribution is 5.35. The van der Waals surface area contributed by atoms with Crippen molar-refractivity contribution in [3.8, 4) is 0 Å². The molecule has 0 heterocycles. The zero-order chi connectivity index (χ0) is 13.9. The van der Waals surface area contributed by atoms with Crippen molar-refractivity contribution < 1.29 is 13.2 Å². The van der Waals surface area contributed by atoms with Crippen molar-refractivity contribution in [3.05, 3.63) is 35.4 Å². The van der Waals surface area contributed by atoms with Crippen LogP contribution in [0.15, 0.2) is 24.3 Å². The molecular formula is C15H20F3N. The van der Waals surface area contributed by atoms with E-state index in [4.69, 9.17) is 0 Å². The van der Waals surface area contributed by atoms with Gasteiger partial charge < -0.3 is 5.32 Å². The Labute approximate surface area is 112 Å². The summed E-state index contributed by atoms with van der Waals surface area (Å²) in [5, 5.41) is 2.64. The van der Waals surface area contributed by atoms with Crippen LogP contribution in [0.2, 0.25) is 0 Å². The van der Waals surface area contributed by atoms with Crippen LogP contribution in [0.4, 0.5) is 13.2 Å². The highest BCUT2D eigenvalue weighted by atomic mass is 19.4. The third kappa shape index (κ3) is 3.30. The Morgan fingerprint density at radius 1 is 1.26 bits per heavy atom. The van der Waals surface area contributed by atoms with Gasteiger partial charge in [0.25, 0.3) is 0 Å². The maximum Gasteiger partial charge on any atom is 0.407 e. The first-order valence-electron chi connectivity index (χ1n) is 6.93. The highest BCUT2D eigenvalue weighted by Crippen LogP contribution is 2.42. The van der Waals surface area contributed by atoms with Crippen LogP contribution in [0.1, 0.15) is 55.7 Å².